The Bertz CT molecular complexity index is 332. The van der Waals surface area contributed by atoms with E-state index in [4.69, 9.17) is 19.3 Å². The molecule has 6 heteroatoms. The quantitative estimate of drug-likeness (QED) is 0.804. The maximum absolute atomic E-state index is 10.8. The van der Waals surface area contributed by atoms with Gasteiger partial charge in [-0.2, -0.15) is 0 Å². The molecule has 1 N–H and O–H groups in total. The summed E-state index contributed by atoms with van der Waals surface area (Å²) >= 11 is 0. The number of hydrogen-bond acceptors (Lipinski definition) is 5. The third-order valence-electron chi connectivity index (χ3n) is 4.28. The van der Waals surface area contributed by atoms with Gasteiger partial charge in [0.2, 0.25) is 0 Å². The molecule has 3 heterocycles. The summed E-state index contributed by atoms with van der Waals surface area (Å²) in [6.07, 6.45) is 2.70. The maximum Gasteiger partial charge on any atom is 0.332 e. The average molecular weight is 271 g/mol. The number of piperidine rings is 1. The molecule has 6 nitrogen and oxygen atoms in total. The van der Waals surface area contributed by atoms with E-state index >= 15 is 0 Å². The molecule has 3 aliphatic heterocycles. The summed E-state index contributed by atoms with van der Waals surface area (Å²) in [5.41, 5.74) is 0. The Morgan fingerprint density at radius 2 is 1.89 bits per heavy atom. The highest BCUT2D eigenvalue weighted by molar-refractivity contribution is 5.72. The first-order valence-electron chi connectivity index (χ1n) is 7.05. The molecule has 2 unspecified atom stereocenters. The van der Waals surface area contributed by atoms with E-state index in [9.17, 15) is 4.79 Å². The smallest absolute Gasteiger partial charge is 0.332 e. The number of carbonyl (C=O) groups is 1. The molecule has 0 aromatic rings. The number of hydrogen-bond donors (Lipinski definition) is 1. The van der Waals surface area contributed by atoms with Crippen LogP contribution in [0.2, 0.25) is 0 Å². The summed E-state index contributed by atoms with van der Waals surface area (Å²) in [5.74, 6) is -1.18. The lowest BCUT2D eigenvalue weighted by Gasteiger charge is -2.38. The van der Waals surface area contributed by atoms with Crippen molar-refractivity contribution >= 4 is 5.97 Å². The molecule has 3 fully saturated rings. The zero-order chi connectivity index (χ0) is 13.3. The summed E-state index contributed by atoms with van der Waals surface area (Å²) in [7, 11) is 0. The number of ether oxygens (including phenoxy) is 3. The Kier molecular flexibility index (Phi) is 3.75. The number of rotatable bonds is 3. The van der Waals surface area contributed by atoms with Crippen LogP contribution in [0.25, 0.3) is 0 Å². The highest BCUT2D eigenvalue weighted by Crippen LogP contribution is 2.32. The lowest BCUT2D eigenvalue weighted by molar-refractivity contribution is -0.186. The molecular formula is C13H21NO5. The zero-order valence-corrected chi connectivity index (χ0v) is 11.0. The van der Waals surface area contributed by atoms with Crippen LogP contribution >= 0.6 is 0 Å². The van der Waals surface area contributed by atoms with Gasteiger partial charge in [-0.15, -0.1) is 0 Å². The van der Waals surface area contributed by atoms with Crippen LogP contribution in [0.5, 0.6) is 0 Å². The number of likely N-dealkylation sites (tertiary alicyclic amines) is 1. The Hall–Kier alpha value is -0.690. The Balaban J connectivity index is 1.44. The molecule has 2 atom stereocenters. The molecule has 3 aliphatic rings. The third-order valence-corrected chi connectivity index (χ3v) is 4.28. The van der Waals surface area contributed by atoms with Crippen LogP contribution in [0, 0.1) is 0 Å². The molecule has 0 radical (unpaired) electrons. The van der Waals surface area contributed by atoms with Crippen molar-refractivity contribution in [2.45, 2.75) is 43.7 Å². The van der Waals surface area contributed by atoms with Gasteiger partial charge >= 0.3 is 5.97 Å². The molecule has 3 rings (SSSR count). The lowest BCUT2D eigenvalue weighted by atomic mass is 10.0. The summed E-state index contributed by atoms with van der Waals surface area (Å²) < 4.78 is 16.9. The van der Waals surface area contributed by atoms with Gasteiger partial charge in [0.15, 0.2) is 11.9 Å². The maximum atomic E-state index is 10.8. The van der Waals surface area contributed by atoms with E-state index in [1.807, 2.05) is 0 Å². The SMILES string of the molecule is O=C(O)C1CCC(CN2CCC3(CC2)OCCO3)O1. The predicted octanol–water partition coefficient (Wildman–Crippen LogP) is 0.458. The van der Waals surface area contributed by atoms with Crippen LogP contribution in [0.3, 0.4) is 0 Å². The highest BCUT2D eigenvalue weighted by Gasteiger charge is 2.40. The molecule has 0 aromatic heterocycles. The number of aliphatic carboxylic acids is 1. The van der Waals surface area contributed by atoms with Gasteiger partial charge in [-0.1, -0.05) is 0 Å². The largest absolute Gasteiger partial charge is 0.479 e. The minimum absolute atomic E-state index is 0.0561. The molecule has 1 spiro atoms. The zero-order valence-electron chi connectivity index (χ0n) is 11.0. The van der Waals surface area contributed by atoms with Gasteiger partial charge in [-0.05, 0) is 12.8 Å². The van der Waals surface area contributed by atoms with Crippen molar-refractivity contribution in [3.63, 3.8) is 0 Å². The normalized spacial score (nSPS) is 34.9. The standard InChI is InChI=1S/C13H21NO5/c15-12(16)11-2-1-10(19-11)9-14-5-3-13(4-6-14)17-7-8-18-13/h10-11H,1-9H2,(H,15,16). The Labute approximate surface area is 112 Å². The summed E-state index contributed by atoms with van der Waals surface area (Å²) in [6.45, 7) is 4.08. The number of nitrogens with zero attached hydrogens (tertiary/aromatic N) is 1. The van der Waals surface area contributed by atoms with Crippen molar-refractivity contribution in [3.05, 3.63) is 0 Å². The first-order valence-corrected chi connectivity index (χ1v) is 7.05. The van der Waals surface area contributed by atoms with Crippen molar-refractivity contribution in [3.8, 4) is 0 Å². The van der Waals surface area contributed by atoms with Crippen LogP contribution in [0.1, 0.15) is 25.7 Å². The first kappa shape index (κ1) is 13.3. The molecule has 0 amide bonds. The highest BCUT2D eigenvalue weighted by atomic mass is 16.7. The van der Waals surface area contributed by atoms with E-state index in [2.05, 4.69) is 4.90 Å². The van der Waals surface area contributed by atoms with Crippen molar-refractivity contribution in [1.82, 2.24) is 4.90 Å². The van der Waals surface area contributed by atoms with Crippen LogP contribution in [0.15, 0.2) is 0 Å². The first-order chi connectivity index (χ1) is 9.17. The van der Waals surface area contributed by atoms with Crippen molar-refractivity contribution < 1.29 is 24.1 Å². The van der Waals surface area contributed by atoms with Crippen LogP contribution in [-0.2, 0) is 19.0 Å². The summed E-state index contributed by atoms with van der Waals surface area (Å²) in [6, 6.07) is 0. The number of carboxylic acids is 1. The van der Waals surface area contributed by atoms with Gasteiger partial charge in [0.05, 0.1) is 19.3 Å². The van der Waals surface area contributed by atoms with Gasteiger partial charge < -0.3 is 24.2 Å². The van der Waals surface area contributed by atoms with Crippen molar-refractivity contribution in [1.29, 1.82) is 0 Å². The van der Waals surface area contributed by atoms with E-state index in [-0.39, 0.29) is 11.9 Å². The van der Waals surface area contributed by atoms with E-state index < -0.39 is 12.1 Å². The molecule has 0 saturated carbocycles. The predicted molar refractivity (Wildman–Crippen MR) is 65.8 cm³/mol. The molecule has 19 heavy (non-hydrogen) atoms. The van der Waals surface area contributed by atoms with Crippen molar-refractivity contribution in [2.75, 3.05) is 32.8 Å². The molecule has 0 aromatic carbocycles. The van der Waals surface area contributed by atoms with Crippen LogP contribution in [0.4, 0.5) is 0 Å². The second-order valence-electron chi connectivity index (χ2n) is 5.57. The van der Waals surface area contributed by atoms with E-state index in [0.717, 1.165) is 38.9 Å². The minimum atomic E-state index is -0.840. The summed E-state index contributed by atoms with van der Waals surface area (Å²) in [4.78, 5) is 13.2. The average Bonchev–Trinajstić information content (AvgIpc) is 3.02. The molecule has 0 bridgehead atoms. The van der Waals surface area contributed by atoms with Crippen LogP contribution < -0.4 is 0 Å². The molecule has 0 aliphatic carbocycles. The molecule has 108 valence electrons. The molecular weight excluding hydrogens is 250 g/mol. The van der Waals surface area contributed by atoms with Gasteiger partial charge in [0.1, 0.15) is 0 Å². The fourth-order valence-corrected chi connectivity index (χ4v) is 3.17. The van der Waals surface area contributed by atoms with Gasteiger partial charge in [-0.25, -0.2) is 4.79 Å². The van der Waals surface area contributed by atoms with Gasteiger partial charge in [0.25, 0.3) is 0 Å². The van der Waals surface area contributed by atoms with Crippen molar-refractivity contribution in [2.24, 2.45) is 0 Å². The fraction of sp³-hybridized carbons (Fsp3) is 0.923. The van der Waals surface area contributed by atoms with Crippen LogP contribution in [-0.4, -0.2) is 66.8 Å². The van der Waals surface area contributed by atoms with Gasteiger partial charge in [-0.3, -0.25) is 0 Å². The lowest BCUT2D eigenvalue weighted by Crippen LogP contribution is -2.47. The fourth-order valence-electron chi connectivity index (χ4n) is 3.17. The van der Waals surface area contributed by atoms with Gasteiger partial charge in [0, 0.05) is 32.5 Å². The monoisotopic (exact) mass is 271 g/mol. The third kappa shape index (κ3) is 2.91. The summed E-state index contributed by atoms with van der Waals surface area (Å²) in [5, 5.41) is 8.90. The second kappa shape index (κ2) is 5.36. The Morgan fingerprint density at radius 1 is 1.21 bits per heavy atom. The second-order valence-corrected chi connectivity index (χ2v) is 5.57. The van der Waals surface area contributed by atoms with E-state index in [0.29, 0.717) is 19.6 Å². The molecule has 3 saturated heterocycles. The topological polar surface area (TPSA) is 68.2 Å². The van der Waals surface area contributed by atoms with E-state index in [1.54, 1.807) is 0 Å². The number of carboxylic acid groups (broad SMARTS) is 1. The van der Waals surface area contributed by atoms with E-state index in [1.165, 1.54) is 0 Å². The minimum Gasteiger partial charge on any atom is -0.479 e. The Morgan fingerprint density at radius 3 is 2.47 bits per heavy atom.